The first-order chi connectivity index (χ1) is 15.7. The fourth-order valence-corrected chi connectivity index (χ4v) is 3.99. The highest BCUT2D eigenvalue weighted by Gasteiger charge is 2.14. The largest absolute Gasteiger partial charge is 0.489 e. The summed E-state index contributed by atoms with van der Waals surface area (Å²) in [4.78, 5) is 18.7. The molecule has 0 atom stereocenters. The van der Waals surface area contributed by atoms with Gasteiger partial charge in [-0.1, -0.05) is 29.8 Å². The number of aromatic nitrogens is 1. The summed E-state index contributed by atoms with van der Waals surface area (Å²) >= 11 is 6.47. The zero-order valence-electron chi connectivity index (χ0n) is 17.9. The van der Waals surface area contributed by atoms with Gasteiger partial charge in [0.2, 0.25) is 0 Å². The topological polar surface area (TPSA) is 66.5 Å². The van der Waals surface area contributed by atoms with Crippen molar-refractivity contribution in [1.82, 2.24) is 10.3 Å². The first kappa shape index (κ1) is 22.0. The van der Waals surface area contributed by atoms with Crippen LogP contribution in [0.4, 0.5) is 16.2 Å². The maximum atomic E-state index is 12.3. The van der Waals surface area contributed by atoms with Crippen molar-refractivity contribution in [3.8, 4) is 5.75 Å². The van der Waals surface area contributed by atoms with Gasteiger partial charge in [0.1, 0.15) is 12.4 Å². The summed E-state index contributed by atoms with van der Waals surface area (Å²) in [7, 11) is 0. The molecule has 0 radical (unpaired) electrons. The van der Waals surface area contributed by atoms with E-state index < -0.39 is 0 Å². The standard InChI is InChI=1S/C25H27ClN4O2/c26-23-15-21(8-11-24(23)30-13-2-1-3-14-30)29-25(31)28-17-19-6-9-22(10-7-19)32-18-20-5-4-12-27-16-20/h4-12,15-16H,1-3,13-14,17-18H2,(H2,28,29,31). The summed E-state index contributed by atoms with van der Waals surface area (Å²) in [6, 6.07) is 16.9. The Morgan fingerprint density at radius 3 is 2.56 bits per heavy atom. The molecule has 1 aromatic heterocycles. The van der Waals surface area contributed by atoms with Gasteiger partial charge >= 0.3 is 6.03 Å². The predicted octanol–water partition coefficient (Wildman–Crippen LogP) is 5.63. The van der Waals surface area contributed by atoms with Crippen molar-refractivity contribution in [3.05, 3.63) is 83.1 Å². The number of nitrogens with one attached hydrogen (secondary N) is 2. The van der Waals surface area contributed by atoms with Crippen LogP contribution in [0.2, 0.25) is 5.02 Å². The SMILES string of the molecule is O=C(NCc1ccc(OCc2cccnc2)cc1)Nc1ccc(N2CCCCC2)c(Cl)c1. The number of carbonyl (C=O) groups is 1. The van der Waals surface area contributed by atoms with Gasteiger partial charge in [-0.15, -0.1) is 0 Å². The van der Waals surface area contributed by atoms with Crippen molar-refractivity contribution in [2.75, 3.05) is 23.3 Å². The third-order valence-corrected chi connectivity index (χ3v) is 5.71. The van der Waals surface area contributed by atoms with Gasteiger partial charge in [-0.05, 0) is 61.2 Å². The number of carbonyl (C=O) groups excluding carboxylic acids is 1. The van der Waals surface area contributed by atoms with Gasteiger partial charge in [-0.25, -0.2) is 4.79 Å². The maximum absolute atomic E-state index is 12.3. The van der Waals surface area contributed by atoms with Gasteiger partial charge in [0.05, 0.1) is 10.7 Å². The highest BCUT2D eigenvalue weighted by Crippen LogP contribution is 2.30. The number of hydrogen-bond acceptors (Lipinski definition) is 4. The average molecular weight is 451 g/mol. The molecule has 7 heteroatoms. The summed E-state index contributed by atoms with van der Waals surface area (Å²) in [6.07, 6.45) is 7.17. The van der Waals surface area contributed by atoms with E-state index in [9.17, 15) is 4.79 Å². The number of ether oxygens (including phenoxy) is 1. The molecule has 3 aromatic rings. The monoisotopic (exact) mass is 450 g/mol. The number of anilines is 2. The van der Waals surface area contributed by atoms with Crippen LogP contribution in [0.1, 0.15) is 30.4 Å². The van der Waals surface area contributed by atoms with Crippen molar-refractivity contribution < 1.29 is 9.53 Å². The highest BCUT2D eigenvalue weighted by atomic mass is 35.5. The number of halogens is 1. The molecule has 166 valence electrons. The van der Waals surface area contributed by atoms with E-state index in [1.165, 1.54) is 19.3 Å². The molecule has 1 fully saturated rings. The van der Waals surface area contributed by atoms with Gasteiger partial charge in [0.25, 0.3) is 0 Å². The molecule has 2 heterocycles. The van der Waals surface area contributed by atoms with Crippen LogP contribution >= 0.6 is 11.6 Å². The van der Waals surface area contributed by atoms with E-state index in [0.717, 1.165) is 35.7 Å². The summed E-state index contributed by atoms with van der Waals surface area (Å²) in [6.45, 7) is 2.93. The Balaban J connectivity index is 1.24. The lowest BCUT2D eigenvalue weighted by atomic mass is 10.1. The van der Waals surface area contributed by atoms with Crippen molar-refractivity contribution >= 4 is 29.0 Å². The normalized spacial score (nSPS) is 13.5. The lowest BCUT2D eigenvalue weighted by Crippen LogP contribution is -2.30. The van der Waals surface area contributed by atoms with E-state index in [2.05, 4.69) is 20.5 Å². The molecule has 0 spiro atoms. The van der Waals surface area contributed by atoms with Crippen LogP contribution in [-0.4, -0.2) is 24.1 Å². The minimum Gasteiger partial charge on any atom is -0.489 e. The van der Waals surface area contributed by atoms with E-state index in [0.29, 0.717) is 23.9 Å². The van der Waals surface area contributed by atoms with Crippen molar-refractivity contribution in [2.24, 2.45) is 0 Å². The van der Waals surface area contributed by atoms with Gasteiger partial charge in [-0.3, -0.25) is 4.98 Å². The van der Waals surface area contributed by atoms with Gasteiger partial charge in [-0.2, -0.15) is 0 Å². The number of pyridine rings is 1. The molecule has 2 N–H and O–H groups in total. The zero-order chi connectivity index (χ0) is 22.2. The lowest BCUT2D eigenvalue weighted by molar-refractivity contribution is 0.251. The second-order valence-corrected chi connectivity index (χ2v) is 8.22. The van der Waals surface area contributed by atoms with E-state index >= 15 is 0 Å². The summed E-state index contributed by atoms with van der Waals surface area (Å²) in [5, 5.41) is 6.38. The number of hydrogen-bond donors (Lipinski definition) is 2. The minimum absolute atomic E-state index is 0.274. The van der Waals surface area contributed by atoms with Crippen LogP contribution in [0.15, 0.2) is 67.0 Å². The van der Waals surface area contributed by atoms with Crippen LogP contribution in [0.5, 0.6) is 5.75 Å². The zero-order valence-corrected chi connectivity index (χ0v) is 18.6. The van der Waals surface area contributed by atoms with Crippen molar-refractivity contribution in [1.29, 1.82) is 0 Å². The van der Waals surface area contributed by atoms with Crippen LogP contribution in [0, 0.1) is 0 Å². The molecule has 0 bridgehead atoms. The summed E-state index contributed by atoms with van der Waals surface area (Å²) in [5.74, 6) is 0.769. The van der Waals surface area contributed by atoms with E-state index in [4.69, 9.17) is 16.3 Å². The average Bonchev–Trinajstić information content (AvgIpc) is 2.83. The smallest absolute Gasteiger partial charge is 0.319 e. The minimum atomic E-state index is -0.274. The van der Waals surface area contributed by atoms with Crippen LogP contribution < -0.4 is 20.3 Å². The summed E-state index contributed by atoms with van der Waals surface area (Å²) < 4.78 is 5.76. The Bertz CT molecular complexity index is 1020. The maximum Gasteiger partial charge on any atom is 0.319 e. The van der Waals surface area contributed by atoms with Gasteiger partial charge in [0, 0.05) is 43.3 Å². The second-order valence-electron chi connectivity index (χ2n) is 7.82. The van der Waals surface area contributed by atoms with Gasteiger partial charge < -0.3 is 20.3 Å². The van der Waals surface area contributed by atoms with Crippen LogP contribution in [0.3, 0.4) is 0 Å². The molecule has 0 aliphatic carbocycles. The number of rotatable bonds is 7. The highest BCUT2D eigenvalue weighted by molar-refractivity contribution is 6.33. The van der Waals surface area contributed by atoms with Crippen molar-refractivity contribution in [2.45, 2.75) is 32.4 Å². The quantitative estimate of drug-likeness (QED) is 0.489. The molecule has 2 amide bonds. The number of benzene rings is 2. The predicted molar refractivity (Wildman–Crippen MR) is 128 cm³/mol. The first-order valence-corrected chi connectivity index (χ1v) is 11.3. The molecule has 0 saturated carbocycles. The molecule has 32 heavy (non-hydrogen) atoms. The number of amides is 2. The first-order valence-electron chi connectivity index (χ1n) is 10.9. The molecule has 6 nitrogen and oxygen atoms in total. The molecular formula is C25H27ClN4O2. The van der Waals surface area contributed by atoms with E-state index in [1.807, 2.05) is 48.5 Å². The molecule has 1 aliphatic heterocycles. The van der Waals surface area contributed by atoms with Crippen LogP contribution in [0.25, 0.3) is 0 Å². The number of nitrogens with zero attached hydrogens (tertiary/aromatic N) is 2. The van der Waals surface area contributed by atoms with Crippen molar-refractivity contribution in [3.63, 3.8) is 0 Å². The molecule has 0 unspecified atom stereocenters. The molecule has 1 saturated heterocycles. The third-order valence-electron chi connectivity index (χ3n) is 5.41. The Hall–Kier alpha value is -3.25. The van der Waals surface area contributed by atoms with E-state index in [1.54, 1.807) is 18.5 Å². The third kappa shape index (κ3) is 6.14. The second kappa shape index (κ2) is 10.9. The fraction of sp³-hybridized carbons (Fsp3) is 0.280. The van der Waals surface area contributed by atoms with Crippen LogP contribution in [-0.2, 0) is 13.2 Å². The number of piperidine rings is 1. The Morgan fingerprint density at radius 2 is 1.84 bits per heavy atom. The Kier molecular flexibility index (Phi) is 7.46. The molecule has 2 aromatic carbocycles. The van der Waals surface area contributed by atoms with Gasteiger partial charge in [0.15, 0.2) is 0 Å². The summed E-state index contributed by atoms with van der Waals surface area (Å²) in [5.41, 5.74) is 3.70. The van der Waals surface area contributed by atoms with E-state index in [-0.39, 0.29) is 6.03 Å². The lowest BCUT2D eigenvalue weighted by Gasteiger charge is -2.29. The molecular weight excluding hydrogens is 424 g/mol. The molecule has 1 aliphatic rings. The number of urea groups is 1. The Labute approximate surface area is 193 Å². The molecule has 4 rings (SSSR count). The Morgan fingerprint density at radius 1 is 1.03 bits per heavy atom. The fourth-order valence-electron chi connectivity index (χ4n) is 3.69.